The first-order chi connectivity index (χ1) is 9.61. The number of hydrogen-bond donors (Lipinski definition) is 3. The highest BCUT2D eigenvalue weighted by atomic mass is 16.6. The minimum atomic E-state index is -1.04. The molecule has 1 unspecified atom stereocenters. The van der Waals surface area contributed by atoms with Crippen molar-refractivity contribution in [1.29, 1.82) is 0 Å². The molecule has 0 rings (SSSR count). The number of aliphatic carboxylic acids is 1. The molecule has 7 nitrogen and oxygen atoms in total. The average molecular weight is 338 g/mol. The van der Waals surface area contributed by atoms with E-state index in [-0.39, 0.29) is 23.7 Å². The third kappa shape index (κ3) is 18.8. The van der Waals surface area contributed by atoms with Crippen molar-refractivity contribution in [3.05, 3.63) is 0 Å². The summed E-state index contributed by atoms with van der Waals surface area (Å²) < 4.78 is 5.02. The molecule has 0 amide bonds. The quantitative estimate of drug-likeness (QED) is 0.341. The topological polar surface area (TPSA) is 165 Å². The van der Waals surface area contributed by atoms with E-state index in [4.69, 9.17) is 9.84 Å². The highest BCUT2D eigenvalue weighted by Gasteiger charge is 2.20. The molecule has 0 aromatic heterocycles. The van der Waals surface area contributed by atoms with Gasteiger partial charge in [0.05, 0.1) is 0 Å². The van der Waals surface area contributed by atoms with Gasteiger partial charge in [0.25, 0.3) is 0 Å². The van der Waals surface area contributed by atoms with E-state index in [0.29, 0.717) is 12.8 Å². The van der Waals surface area contributed by atoms with E-state index in [0.717, 1.165) is 32.1 Å². The molecule has 0 aromatic rings. The van der Waals surface area contributed by atoms with E-state index in [9.17, 15) is 9.59 Å². The summed E-state index contributed by atoms with van der Waals surface area (Å²) in [5.41, 5.74) is 0. The number of carboxylic acid groups (broad SMARTS) is 1. The maximum absolute atomic E-state index is 11.6. The van der Waals surface area contributed by atoms with Gasteiger partial charge in [-0.25, -0.2) is 4.79 Å². The highest BCUT2D eigenvalue weighted by Crippen LogP contribution is 2.11. The fourth-order valence-electron chi connectivity index (χ4n) is 2.07. The number of carbonyl (C=O) groups is 2. The lowest BCUT2D eigenvalue weighted by atomic mass is 10.1. The van der Waals surface area contributed by atoms with E-state index in [1.807, 2.05) is 6.92 Å². The van der Waals surface area contributed by atoms with E-state index >= 15 is 0 Å². The van der Waals surface area contributed by atoms with Crippen LogP contribution in [-0.2, 0) is 14.3 Å². The van der Waals surface area contributed by atoms with Crippen LogP contribution >= 0.6 is 0 Å². The number of carboxylic acids is 1. The van der Waals surface area contributed by atoms with Gasteiger partial charge in [0.2, 0.25) is 0 Å². The molecule has 0 spiro atoms. The molecule has 142 valence electrons. The Morgan fingerprint density at radius 1 is 0.870 bits per heavy atom. The van der Waals surface area contributed by atoms with Crippen molar-refractivity contribution >= 4 is 11.9 Å². The van der Waals surface area contributed by atoms with Crippen LogP contribution in [0.4, 0.5) is 0 Å². The number of rotatable bonds is 13. The van der Waals surface area contributed by atoms with E-state index in [2.05, 4.69) is 6.92 Å². The van der Waals surface area contributed by atoms with Crippen LogP contribution in [0.5, 0.6) is 0 Å². The lowest BCUT2D eigenvalue weighted by Crippen LogP contribution is -2.26. The van der Waals surface area contributed by atoms with Gasteiger partial charge in [-0.15, -0.1) is 0 Å². The SMILES string of the molecule is CCCCCCCCCC(=O)OC(CCCC)C(=O)O.N.N.O. The van der Waals surface area contributed by atoms with Crippen LogP contribution in [0.3, 0.4) is 0 Å². The molecule has 0 bridgehead atoms. The zero-order valence-electron chi connectivity index (χ0n) is 14.9. The van der Waals surface area contributed by atoms with Crippen molar-refractivity contribution in [1.82, 2.24) is 12.3 Å². The Balaban J connectivity index is -0.000000602. The largest absolute Gasteiger partial charge is 0.479 e. The number of ether oxygens (including phenoxy) is 1. The first kappa shape index (κ1) is 29.8. The summed E-state index contributed by atoms with van der Waals surface area (Å²) in [6, 6.07) is 0. The molecule has 1 atom stereocenters. The fourth-order valence-corrected chi connectivity index (χ4v) is 2.07. The highest BCUT2D eigenvalue weighted by molar-refractivity contribution is 5.77. The van der Waals surface area contributed by atoms with Crippen molar-refractivity contribution in [2.45, 2.75) is 90.6 Å². The van der Waals surface area contributed by atoms with Crippen LogP contribution in [0, 0.1) is 0 Å². The molecule has 0 heterocycles. The standard InChI is InChI=1S/C16H30O4.2H3N.H2O/c1-3-5-7-8-9-10-11-13-15(17)20-14(16(18)19)12-6-4-2;;;/h14H,3-13H2,1-2H3,(H,18,19);2*1H3;1H2. The van der Waals surface area contributed by atoms with Crippen LogP contribution in [-0.4, -0.2) is 28.6 Å². The number of hydrogen-bond acceptors (Lipinski definition) is 5. The van der Waals surface area contributed by atoms with Crippen LogP contribution in [0.15, 0.2) is 0 Å². The first-order valence-electron chi connectivity index (χ1n) is 8.04. The Labute approximate surface area is 140 Å². The minimum absolute atomic E-state index is 0. The molecule has 7 heteroatoms. The normalized spacial score (nSPS) is 10.5. The van der Waals surface area contributed by atoms with Crippen LogP contribution in [0.25, 0.3) is 0 Å². The fraction of sp³-hybridized carbons (Fsp3) is 0.875. The van der Waals surface area contributed by atoms with Crippen molar-refractivity contribution < 1.29 is 24.9 Å². The van der Waals surface area contributed by atoms with E-state index < -0.39 is 12.1 Å². The Bertz CT molecular complexity index is 275. The molecule has 0 fully saturated rings. The smallest absolute Gasteiger partial charge is 0.345 e. The molecule has 0 radical (unpaired) electrons. The molecule has 0 aromatic carbocycles. The monoisotopic (exact) mass is 338 g/mol. The first-order valence-corrected chi connectivity index (χ1v) is 8.04. The van der Waals surface area contributed by atoms with Crippen molar-refractivity contribution in [2.24, 2.45) is 0 Å². The van der Waals surface area contributed by atoms with Crippen LogP contribution in [0.1, 0.15) is 84.5 Å². The Hall–Kier alpha value is -1.18. The second-order valence-corrected chi connectivity index (χ2v) is 5.33. The second-order valence-electron chi connectivity index (χ2n) is 5.33. The maximum atomic E-state index is 11.6. The summed E-state index contributed by atoms with van der Waals surface area (Å²) in [5, 5.41) is 8.96. The average Bonchev–Trinajstić information content (AvgIpc) is 2.42. The number of esters is 1. The Morgan fingerprint density at radius 2 is 1.35 bits per heavy atom. The summed E-state index contributed by atoms with van der Waals surface area (Å²) in [7, 11) is 0. The summed E-state index contributed by atoms with van der Waals surface area (Å²) >= 11 is 0. The van der Waals surface area contributed by atoms with E-state index in [1.165, 1.54) is 25.7 Å². The molecule has 23 heavy (non-hydrogen) atoms. The number of unbranched alkanes of at least 4 members (excludes halogenated alkanes) is 7. The minimum Gasteiger partial charge on any atom is -0.479 e. The summed E-state index contributed by atoms with van der Waals surface area (Å²) in [5.74, 6) is -1.41. The van der Waals surface area contributed by atoms with Gasteiger partial charge in [-0.3, -0.25) is 4.79 Å². The third-order valence-electron chi connectivity index (χ3n) is 3.35. The molecule has 9 N–H and O–H groups in total. The molecular weight excluding hydrogens is 300 g/mol. The van der Waals surface area contributed by atoms with Gasteiger partial charge in [-0.05, 0) is 19.3 Å². The Morgan fingerprint density at radius 3 is 1.83 bits per heavy atom. The lowest BCUT2D eigenvalue weighted by Gasteiger charge is -2.13. The van der Waals surface area contributed by atoms with E-state index in [1.54, 1.807) is 0 Å². The van der Waals surface area contributed by atoms with Gasteiger partial charge in [0, 0.05) is 6.42 Å². The maximum Gasteiger partial charge on any atom is 0.345 e. The van der Waals surface area contributed by atoms with Gasteiger partial charge >= 0.3 is 11.9 Å². The van der Waals surface area contributed by atoms with Crippen molar-refractivity contribution in [3.63, 3.8) is 0 Å². The van der Waals surface area contributed by atoms with Crippen molar-refractivity contribution in [2.75, 3.05) is 0 Å². The van der Waals surface area contributed by atoms with Gasteiger partial charge in [-0.2, -0.15) is 0 Å². The third-order valence-corrected chi connectivity index (χ3v) is 3.35. The van der Waals surface area contributed by atoms with Gasteiger partial charge < -0.3 is 27.6 Å². The molecule has 0 aliphatic rings. The molecule has 0 aliphatic heterocycles. The predicted octanol–water partition coefficient (Wildman–Crippen LogP) is 3.81. The summed E-state index contributed by atoms with van der Waals surface area (Å²) in [6.07, 6.45) is 9.41. The zero-order valence-corrected chi connectivity index (χ0v) is 14.9. The molecule has 0 saturated carbocycles. The van der Waals surface area contributed by atoms with Crippen LogP contribution in [0.2, 0.25) is 0 Å². The van der Waals surface area contributed by atoms with Crippen LogP contribution < -0.4 is 12.3 Å². The summed E-state index contributed by atoms with van der Waals surface area (Å²) in [6.45, 7) is 4.17. The lowest BCUT2D eigenvalue weighted by molar-refractivity contribution is -0.164. The number of carbonyl (C=O) groups excluding carboxylic acids is 1. The van der Waals surface area contributed by atoms with Gasteiger partial charge in [-0.1, -0.05) is 58.8 Å². The van der Waals surface area contributed by atoms with Crippen molar-refractivity contribution in [3.8, 4) is 0 Å². The summed E-state index contributed by atoms with van der Waals surface area (Å²) in [4.78, 5) is 22.5. The molecule has 0 aliphatic carbocycles. The predicted molar refractivity (Wildman–Crippen MR) is 93.3 cm³/mol. The second kappa shape index (κ2) is 20.8. The molecular formula is C16H38N2O5. The van der Waals surface area contributed by atoms with Gasteiger partial charge in [0.15, 0.2) is 6.10 Å². The molecule has 0 saturated heterocycles. The zero-order chi connectivity index (χ0) is 15.2. The Kier molecular flexibility index (Phi) is 27.0. The van der Waals surface area contributed by atoms with Gasteiger partial charge in [0.1, 0.15) is 0 Å².